The molecule has 2 N–H and O–H groups in total. The number of rotatable bonds is 6. The minimum absolute atomic E-state index is 0.0453. The summed E-state index contributed by atoms with van der Waals surface area (Å²) in [4.78, 5) is 11.9. The van der Waals surface area contributed by atoms with E-state index in [0.29, 0.717) is 11.1 Å². The highest BCUT2D eigenvalue weighted by atomic mass is 32.2. The molecule has 0 saturated heterocycles. The second-order valence-electron chi connectivity index (χ2n) is 5.51. The molecule has 0 fully saturated rings. The molecule has 0 aliphatic carbocycles. The maximum Gasteiger partial charge on any atom is 0.251 e. The van der Waals surface area contributed by atoms with E-state index in [9.17, 15) is 17.6 Å². The predicted octanol–water partition coefficient (Wildman–Crippen LogP) is 2.61. The third kappa shape index (κ3) is 5.06. The van der Waals surface area contributed by atoms with Crippen molar-refractivity contribution in [3.8, 4) is 0 Å². The lowest BCUT2D eigenvalue weighted by molar-refractivity contribution is 0.0956. The van der Waals surface area contributed by atoms with E-state index in [1.165, 1.54) is 12.1 Å². The highest BCUT2D eigenvalue weighted by molar-refractivity contribution is 7.92. The van der Waals surface area contributed by atoms with Crippen LogP contribution in [0.25, 0.3) is 0 Å². The summed E-state index contributed by atoms with van der Waals surface area (Å²) in [5.74, 6) is -1.13. The van der Waals surface area contributed by atoms with Gasteiger partial charge in [-0.1, -0.05) is 23.8 Å². The number of halogens is 1. The fraction of sp³-hybridized carbons (Fsp3) is 0.235. The van der Waals surface area contributed by atoms with Gasteiger partial charge in [0.25, 0.3) is 5.91 Å². The highest BCUT2D eigenvalue weighted by Crippen LogP contribution is 2.14. The Balaban J connectivity index is 1.89. The minimum Gasteiger partial charge on any atom is -0.351 e. The molecule has 0 saturated carbocycles. The first kappa shape index (κ1) is 17.9. The van der Waals surface area contributed by atoms with Crippen LogP contribution in [-0.2, 0) is 10.0 Å². The molecule has 7 heteroatoms. The Morgan fingerprint density at radius 1 is 1.08 bits per heavy atom. The SMILES string of the molecule is Cc1ccc(C(=O)NCCS(=O)(=O)Nc2ccc(C)c(F)c2)cc1. The molecule has 0 spiro atoms. The number of carbonyl (C=O) groups excluding carboxylic acids is 1. The molecule has 0 aliphatic rings. The van der Waals surface area contributed by atoms with Gasteiger partial charge in [0, 0.05) is 12.1 Å². The van der Waals surface area contributed by atoms with Crippen molar-refractivity contribution >= 4 is 21.6 Å². The van der Waals surface area contributed by atoms with Gasteiger partial charge in [-0.25, -0.2) is 12.8 Å². The molecular formula is C17H19FN2O3S. The van der Waals surface area contributed by atoms with Gasteiger partial charge in [0.2, 0.25) is 10.0 Å². The molecule has 2 rings (SSSR count). The van der Waals surface area contributed by atoms with E-state index in [-0.39, 0.29) is 23.9 Å². The summed E-state index contributed by atoms with van der Waals surface area (Å²) in [6.45, 7) is 3.46. The average molecular weight is 350 g/mol. The lowest BCUT2D eigenvalue weighted by Gasteiger charge is -2.10. The van der Waals surface area contributed by atoms with Gasteiger partial charge in [-0.15, -0.1) is 0 Å². The molecule has 0 aromatic heterocycles. The van der Waals surface area contributed by atoms with Crippen molar-refractivity contribution in [1.29, 1.82) is 0 Å². The number of nitrogens with one attached hydrogen (secondary N) is 2. The first-order valence-electron chi connectivity index (χ1n) is 7.38. The maximum absolute atomic E-state index is 13.4. The molecule has 0 radical (unpaired) electrons. The molecule has 2 aromatic carbocycles. The van der Waals surface area contributed by atoms with Crippen molar-refractivity contribution in [2.24, 2.45) is 0 Å². The molecule has 5 nitrogen and oxygen atoms in total. The van der Waals surface area contributed by atoms with Crippen molar-refractivity contribution in [2.75, 3.05) is 17.0 Å². The Morgan fingerprint density at radius 2 is 1.75 bits per heavy atom. The molecule has 1 amide bonds. The zero-order valence-electron chi connectivity index (χ0n) is 13.5. The van der Waals surface area contributed by atoms with Gasteiger partial charge in [0.15, 0.2) is 0 Å². The molecule has 0 bridgehead atoms. The van der Waals surface area contributed by atoms with E-state index in [1.807, 2.05) is 6.92 Å². The van der Waals surface area contributed by atoms with Crippen LogP contribution in [0.4, 0.5) is 10.1 Å². The van der Waals surface area contributed by atoms with Gasteiger partial charge >= 0.3 is 0 Å². The molecule has 0 unspecified atom stereocenters. The second-order valence-corrected chi connectivity index (χ2v) is 7.35. The van der Waals surface area contributed by atoms with Gasteiger partial charge in [-0.2, -0.15) is 0 Å². The normalized spacial score (nSPS) is 11.1. The quantitative estimate of drug-likeness (QED) is 0.841. The number of carbonyl (C=O) groups is 1. The summed E-state index contributed by atoms with van der Waals surface area (Å²) >= 11 is 0. The van der Waals surface area contributed by atoms with E-state index >= 15 is 0 Å². The van der Waals surface area contributed by atoms with Crippen LogP contribution >= 0.6 is 0 Å². The van der Waals surface area contributed by atoms with Crippen LogP contribution in [-0.4, -0.2) is 26.6 Å². The second kappa shape index (κ2) is 7.44. The van der Waals surface area contributed by atoms with E-state index in [4.69, 9.17) is 0 Å². The van der Waals surface area contributed by atoms with Gasteiger partial charge < -0.3 is 5.32 Å². The number of sulfonamides is 1. The topological polar surface area (TPSA) is 75.3 Å². The lowest BCUT2D eigenvalue weighted by atomic mass is 10.1. The maximum atomic E-state index is 13.4. The zero-order chi connectivity index (χ0) is 17.7. The summed E-state index contributed by atoms with van der Waals surface area (Å²) in [5.41, 5.74) is 2.08. The number of hydrogen-bond donors (Lipinski definition) is 2. The van der Waals surface area contributed by atoms with Crippen molar-refractivity contribution < 1.29 is 17.6 Å². The Morgan fingerprint density at radius 3 is 2.38 bits per heavy atom. The average Bonchev–Trinajstić information content (AvgIpc) is 2.51. The Bertz CT molecular complexity index is 833. The van der Waals surface area contributed by atoms with Crippen molar-refractivity contribution in [3.05, 3.63) is 65.0 Å². The van der Waals surface area contributed by atoms with Crippen LogP contribution in [0.15, 0.2) is 42.5 Å². The fourth-order valence-electron chi connectivity index (χ4n) is 1.99. The summed E-state index contributed by atoms with van der Waals surface area (Å²) in [6.07, 6.45) is 0. The van der Waals surface area contributed by atoms with Gasteiger partial charge in [-0.05, 0) is 43.7 Å². The number of anilines is 1. The third-order valence-corrected chi connectivity index (χ3v) is 4.70. The Hall–Kier alpha value is -2.41. The lowest BCUT2D eigenvalue weighted by Crippen LogP contribution is -2.31. The Labute approximate surface area is 141 Å². The first-order valence-corrected chi connectivity index (χ1v) is 9.03. The van der Waals surface area contributed by atoms with Gasteiger partial charge in [-0.3, -0.25) is 9.52 Å². The van der Waals surface area contributed by atoms with E-state index in [1.54, 1.807) is 31.2 Å². The van der Waals surface area contributed by atoms with Gasteiger partial charge in [0.05, 0.1) is 11.4 Å². The molecule has 0 heterocycles. The number of hydrogen-bond acceptors (Lipinski definition) is 3. The van der Waals surface area contributed by atoms with E-state index in [0.717, 1.165) is 11.6 Å². The van der Waals surface area contributed by atoms with Crippen LogP contribution in [0.1, 0.15) is 21.5 Å². The van der Waals surface area contributed by atoms with Crippen LogP contribution in [0, 0.1) is 19.7 Å². The van der Waals surface area contributed by atoms with E-state index < -0.39 is 15.8 Å². The van der Waals surface area contributed by atoms with E-state index in [2.05, 4.69) is 10.0 Å². The monoisotopic (exact) mass is 350 g/mol. The first-order chi connectivity index (χ1) is 11.3. The van der Waals surface area contributed by atoms with Gasteiger partial charge in [0.1, 0.15) is 5.82 Å². The largest absolute Gasteiger partial charge is 0.351 e. The molecule has 0 aliphatic heterocycles. The zero-order valence-corrected chi connectivity index (χ0v) is 14.3. The summed E-state index contributed by atoms with van der Waals surface area (Å²) in [5, 5.41) is 2.55. The third-order valence-electron chi connectivity index (χ3n) is 3.42. The molecule has 128 valence electrons. The van der Waals surface area contributed by atoms with Crippen LogP contribution in [0.2, 0.25) is 0 Å². The van der Waals surface area contributed by atoms with Crippen LogP contribution < -0.4 is 10.0 Å². The standard InChI is InChI=1S/C17H19FN2O3S/c1-12-3-6-14(7-4-12)17(21)19-9-10-24(22,23)20-15-8-5-13(2)16(18)11-15/h3-8,11,20H,9-10H2,1-2H3,(H,19,21). The Kier molecular flexibility index (Phi) is 5.56. The molecule has 2 aromatic rings. The highest BCUT2D eigenvalue weighted by Gasteiger charge is 2.13. The fourth-order valence-corrected chi connectivity index (χ4v) is 2.95. The molecule has 24 heavy (non-hydrogen) atoms. The summed E-state index contributed by atoms with van der Waals surface area (Å²) in [6, 6.07) is 11.1. The van der Waals surface area contributed by atoms with Crippen LogP contribution in [0.5, 0.6) is 0 Å². The summed E-state index contributed by atoms with van der Waals surface area (Å²) in [7, 11) is -3.68. The minimum atomic E-state index is -3.68. The smallest absolute Gasteiger partial charge is 0.251 e. The number of benzene rings is 2. The molecule has 0 atom stereocenters. The predicted molar refractivity (Wildman–Crippen MR) is 92.1 cm³/mol. The number of aryl methyl sites for hydroxylation is 2. The van der Waals surface area contributed by atoms with Crippen molar-refractivity contribution in [2.45, 2.75) is 13.8 Å². The number of amides is 1. The van der Waals surface area contributed by atoms with Crippen molar-refractivity contribution in [3.63, 3.8) is 0 Å². The summed E-state index contributed by atoms with van der Waals surface area (Å²) < 4.78 is 39.7. The van der Waals surface area contributed by atoms with Crippen LogP contribution in [0.3, 0.4) is 0 Å². The molecular weight excluding hydrogens is 331 g/mol. The van der Waals surface area contributed by atoms with Crippen molar-refractivity contribution in [1.82, 2.24) is 5.32 Å².